The average Bonchev–Trinajstić information content (AvgIpc) is 3.56. The Bertz CT molecular complexity index is 2800. The molecule has 3 nitrogen and oxygen atoms in total. The van der Waals surface area contributed by atoms with Gasteiger partial charge in [0.25, 0.3) is 0 Å². The van der Waals surface area contributed by atoms with Gasteiger partial charge in [-0.3, -0.25) is 0 Å². The molecule has 0 aromatic heterocycles. The molecule has 1 aliphatic rings. The van der Waals surface area contributed by atoms with Crippen LogP contribution in [0.2, 0.25) is 0 Å². The zero-order valence-corrected chi connectivity index (χ0v) is 36.4. The lowest BCUT2D eigenvalue weighted by atomic mass is 9.81. The predicted octanol–water partition coefficient (Wildman–Crippen LogP) is 17.2. The number of para-hydroxylation sites is 4. The SMILES string of the molecule is CC(C)c1cccc2c1-c1ccc(N(c3ccc(-c4ccccc4)cc3)c3cc(N(c4ccccc4)c4ccccc4)cc(N(c4ccccc4)c4ccccc4)c3)cc1C2(C)C. The molecule has 0 unspecified atom stereocenters. The lowest BCUT2D eigenvalue weighted by Gasteiger charge is -2.33. The molecule has 63 heavy (non-hydrogen) atoms. The molecule has 3 heteroatoms. The summed E-state index contributed by atoms with van der Waals surface area (Å²) in [5, 5.41) is 0. The second kappa shape index (κ2) is 16.7. The maximum atomic E-state index is 2.45. The van der Waals surface area contributed by atoms with E-state index in [0.717, 1.165) is 51.2 Å². The summed E-state index contributed by atoms with van der Waals surface area (Å²) >= 11 is 0. The Morgan fingerprint density at radius 3 is 1.14 bits per heavy atom. The summed E-state index contributed by atoms with van der Waals surface area (Å²) in [4.78, 5) is 7.19. The number of fused-ring (bicyclic) bond motifs is 3. The van der Waals surface area contributed by atoms with Crippen molar-refractivity contribution in [2.75, 3.05) is 14.7 Å². The van der Waals surface area contributed by atoms with Gasteiger partial charge >= 0.3 is 0 Å². The summed E-state index contributed by atoms with van der Waals surface area (Å²) in [5.41, 5.74) is 18.7. The van der Waals surface area contributed by atoms with Crippen LogP contribution in [0.15, 0.2) is 231 Å². The van der Waals surface area contributed by atoms with Crippen molar-refractivity contribution in [3.05, 3.63) is 247 Å². The van der Waals surface area contributed by atoms with Crippen LogP contribution in [0.4, 0.5) is 51.2 Å². The maximum Gasteiger partial charge on any atom is 0.0503 e. The molecule has 9 aromatic carbocycles. The molecule has 0 saturated carbocycles. The molecule has 0 heterocycles. The molecule has 0 bridgehead atoms. The number of benzene rings is 9. The molecular formula is C60H51N3. The van der Waals surface area contributed by atoms with E-state index in [0.29, 0.717) is 5.92 Å². The molecule has 1 aliphatic carbocycles. The van der Waals surface area contributed by atoms with E-state index in [1.165, 1.54) is 38.9 Å². The molecule has 0 amide bonds. The van der Waals surface area contributed by atoms with Gasteiger partial charge in [0.15, 0.2) is 0 Å². The van der Waals surface area contributed by atoms with Gasteiger partial charge in [0, 0.05) is 39.5 Å². The Hall–Kier alpha value is -7.62. The average molecular weight is 814 g/mol. The van der Waals surface area contributed by atoms with Crippen LogP contribution in [0.3, 0.4) is 0 Å². The number of anilines is 9. The first kappa shape index (κ1) is 39.5. The maximum absolute atomic E-state index is 2.45. The second-order valence-corrected chi connectivity index (χ2v) is 17.2. The third kappa shape index (κ3) is 7.46. The largest absolute Gasteiger partial charge is 0.310 e. The van der Waals surface area contributed by atoms with Gasteiger partial charge in [-0.2, -0.15) is 0 Å². The quantitative estimate of drug-likeness (QED) is 0.129. The standard InChI is InChI=1S/C60H51N3/c1-43(2)55-31-20-32-57-59(55)56-38-37-51(42-58(56)60(57,3)4)63(50-35-33-45(34-36-50)44-21-10-5-11-22-44)54-40-52(61(46-23-12-6-13-24-46)47-25-14-7-15-26-47)39-53(41-54)62(48-27-16-8-17-28-48)49-29-18-9-19-30-49/h5-43H,1-4H3. The fourth-order valence-corrected chi connectivity index (χ4v) is 9.47. The molecule has 0 spiro atoms. The molecule has 0 radical (unpaired) electrons. The van der Waals surface area contributed by atoms with E-state index in [4.69, 9.17) is 0 Å². The van der Waals surface area contributed by atoms with Crippen molar-refractivity contribution in [1.82, 2.24) is 0 Å². The van der Waals surface area contributed by atoms with Crippen molar-refractivity contribution in [2.24, 2.45) is 0 Å². The molecular weight excluding hydrogens is 763 g/mol. The van der Waals surface area contributed by atoms with E-state index in [1.807, 2.05) is 0 Å². The smallest absolute Gasteiger partial charge is 0.0503 e. The number of nitrogens with zero attached hydrogens (tertiary/aromatic N) is 3. The molecule has 0 aliphatic heterocycles. The third-order valence-corrected chi connectivity index (χ3v) is 12.5. The van der Waals surface area contributed by atoms with Gasteiger partial charge in [-0.05, 0) is 136 Å². The Morgan fingerprint density at radius 1 is 0.317 bits per heavy atom. The van der Waals surface area contributed by atoms with E-state index >= 15 is 0 Å². The minimum Gasteiger partial charge on any atom is -0.310 e. The summed E-state index contributed by atoms with van der Waals surface area (Å²) in [7, 11) is 0. The summed E-state index contributed by atoms with van der Waals surface area (Å²) in [6.45, 7) is 9.39. The summed E-state index contributed by atoms with van der Waals surface area (Å²) in [5.74, 6) is 0.413. The minimum absolute atomic E-state index is 0.184. The molecule has 0 N–H and O–H groups in total. The summed E-state index contributed by atoms with van der Waals surface area (Å²) in [6.07, 6.45) is 0. The van der Waals surface area contributed by atoms with Crippen molar-refractivity contribution < 1.29 is 0 Å². The van der Waals surface area contributed by atoms with Gasteiger partial charge < -0.3 is 14.7 Å². The van der Waals surface area contributed by atoms with Gasteiger partial charge in [0.2, 0.25) is 0 Å². The molecule has 0 saturated heterocycles. The van der Waals surface area contributed by atoms with Gasteiger partial charge in [-0.1, -0.05) is 167 Å². The fourth-order valence-electron chi connectivity index (χ4n) is 9.47. The highest BCUT2D eigenvalue weighted by Gasteiger charge is 2.37. The third-order valence-electron chi connectivity index (χ3n) is 12.5. The number of rotatable bonds is 11. The first-order chi connectivity index (χ1) is 30.8. The van der Waals surface area contributed by atoms with Crippen molar-refractivity contribution in [3.63, 3.8) is 0 Å². The van der Waals surface area contributed by atoms with E-state index < -0.39 is 0 Å². The normalized spacial score (nSPS) is 12.4. The Morgan fingerprint density at radius 2 is 0.698 bits per heavy atom. The van der Waals surface area contributed by atoms with Crippen LogP contribution in [-0.4, -0.2) is 0 Å². The lowest BCUT2D eigenvalue weighted by Crippen LogP contribution is -2.18. The van der Waals surface area contributed by atoms with Crippen molar-refractivity contribution >= 4 is 51.2 Å². The lowest BCUT2D eigenvalue weighted by molar-refractivity contribution is 0.659. The fraction of sp³-hybridized carbons (Fsp3) is 0.100. The number of hydrogen-bond donors (Lipinski definition) is 0. The number of hydrogen-bond acceptors (Lipinski definition) is 3. The molecule has 9 aromatic rings. The Balaban J connectivity index is 1.24. The van der Waals surface area contributed by atoms with E-state index in [2.05, 4.69) is 273 Å². The van der Waals surface area contributed by atoms with Gasteiger partial charge in [-0.15, -0.1) is 0 Å². The molecule has 0 fully saturated rings. The van der Waals surface area contributed by atoms with Gasteiger partial charge in [0.05, 0.1) is 17.1 Å². The second-order valence-electron chi connectivity index (χ2n) is 17.2. The van der Waals surface area contributed by atoms with Crippen LogP contribution < -0.4 is 14.7 Å². The monoisotopic (exact) mass is 813 g/mol. The van der Waals surface area contributed by atoms with Crippen LogP contribution in [0.25, 0.3) is 22.3 Å². The minimum atomic E-state index is -0.184. The van der Waals surface area contributed by atoms with E-state index in [-0.39, 0.29) is 5.41 Å². The topological polar surface area (TPSA) is 9.72 Å². The molecule has 306 valence electrons. The summed E-state index contributed by atoms with van der Waals surface area (Å²) in [6, 6.07) is 83.6. The molecule has 0 atom stereocenters. The highest BCUT2D eigenvalue weighted by molar-refractivity contribution is 5.92. The van der Waals surface area contributed by atoms with Gasteiger partial charge in [-0.25, -0.2) is 0 Å². The predicted molar refractivity (Wildman–Crippen MR) is 268 cm³/mol. The zero-order chi connectivity index (χ0) is 42.9. The highest BCUT2D eigenvalue weighted by atomic mass is 15.2. The zero-order valence-electron chi connectivity index (χ0n) is 36.4. The highest BCUT2D eigenvalue weighted by Crippen LogP contribution is 2.53. The first-order valence-corrected chi connectivity index (χ1v) is 22.0. The van der Waals surface area contributed by atoms with Gasteiger partial charge in [0.1, 0.15) is 0 Å². The molecule has 10 rings (SSSR count). The Kier molecular flexibility index (Phi) is 10.5. The van der Waals surface area contributed by atoms with Crippen molar-refractivity contribution in [2.45, 2.75) is 39.0 Å². The van der Waals surface area contributed by atoms with Crippen LogP contribution in [0, 0.1) is 0 Å². The summed E-state index contributed by atoms with van der Waals surface area (Å²) < 4.78 is 0. The van der Waals surface area contributed by atoms with Crippen LogP contribution in [-0.2, 0) is 5.41 Å². The van der Waals surface area contributed by atoms with E-state index in [1.54, 1.807) is 0 Å². The van der Waals surface area contributed by atoms with Crippen molar-refractivity contribution in [1.29, 1.82) is 0 Å². The Labute approximate surface area is 372 Å². The van der Waals surface area contributed by atoms with Crippen LogP contribution in [0.1, 0.15) is 50.3 Å². The van der Waals surface area contributed by atoms with Crippen molar-refractivity contribution in [3.8, 4) is 22.3 Å². The first-order valence-electron chi connectivity index (χ1n) is 22.0. The van der Waals surface area contributed by atoms with Crippen LogP contribution in [0.5, 0.6) is 0 Å². The van der Waals surface area contributed by atoms with E-state index in [9.17, 15) is 0 Å². The van der Waals surface area contributed by atoms with Crippen LogP contribution >= 0.6 is 0 Å².